The van der Waals surface area contributed by atoms with Gasteiger partial charge in [-0.3, -0.25) is 9.59 Å². The quantitative estimate of drug-likeness (QED) is 0.671. The predicted molar refractivity (Wildman–Crippen MR) is 112 cm³/mol. The lowest BCUT2D eigenvalue weighted by Crippen LogP contribution is -2.41. The fourth-order valence-corrected chi connectivity index (χ4v) is 5.30. The number of aryl methyl sites for hydroxylation is 1. The standard InChI is InChI=1S/C19H24N4O4S2/c1-22-12-16(11-17(22)18(20)24)29(26,27)23-9-7-13(8-10-23)19(25)21-14-3-5-15(28-2)6-4-14/h3-6,11-13H,7-10H2,1-2H3,(H2,20,24)(H,21,25). The number of hydrogen-bond donors (Lipinski definition) is 2. The highest BCUT2D eigenvalue weighted by molar-refractivity contribution is 7.98. The van der Waals surface area contributed by atoms with Crippen LogP contribution in [0.4, 0.5) is 5.69 Å². The number of nitrogens with two attached hydrogens (primary N) is 1. The summed E-state index contributed by atoms with van der Waals surface area (Å²) in [6.45, 7) is 0.485. The highest BCUT2D eigenvalue weighted by atomic mass is 32.2. The van der Waals surface area contributed by atoms with Crippen LogP contribution in [0.25, 0.3) is 0 Å². The van der Waals surface area contributed by atoms with E-state index in [2.05, 4.69) is 5.32 Å². The van der Waals surface area contributed by atoms with E-state index < -0.39 is 15.9 Å². The van der Waals surface area contributed by atoms with E-state index in [0.29, 0.717) is 12.8 Å². The summed E-state index contributed by atoms with van der Waals surface area (Å²) < 4.78 is 28.5. The van der Waals surface area contributed by atoms with Crippen LogP contribution in [0.3, 0.4) is 0 Å². The highest BCUT2D eigenvalue weighted by Gasteiger charge is 2.33. The molecular weight excluding hydrogens is 412 g/mol. The first-order valence-corrected chi connectivity index (χ1v) is 11.8. The molecule has 1 saturated heterocycles. The second-order valence-corrected chi connectivity index (χ2v) is 9.75. The Morgan fingerprint density at radius 2 is 1.79 bits per heavy atom. The molecule has 0 bridgehead atoms. The van der Waals surface area contributed by atoms with Gasteiger partial charge in [-0.1, -0.05) is 0 Å². The fourth-order valence-electron chi connectivity index (χ4n) is 3.35. The molecular formula is C19H24N4O4S2. The van der Waals surface area contributed by atoms with E-state index in [9.17, 15) is 18.0 Å². The smallest absolute Gasteiger partial charge is 0.265 e. The number of nitrogens with zero attached hydrogens (tertiary/aromatic N) is 2. The van der Waals surface area contributed by atoms with Crippen LogP contribution in [0.2, 0.25) is 0 Å². The monoisotopic (exact) mass is 436 g/mol. The molecule has 10 heteroatoms. The average molecular weight is 437 g/mol. The first-order valence-electron chi connectivity index (χ1n) is 9.13. The van der Waals surface area contributed by atoms with Crippen molar-refractivity contribution < 1.29 is 18.0 Å². The van der Waals surface area contributed by atoms with Crippen LogP contribution in [-0.2, 0) is 21.9 Å². The summed E-state index contributed by atoms with van der Waals surface area (Å²) >= 11 is 1.63. The van der Waals surface area contributed by atoms with Crippen molar-refractivity contribution in [2.75, 3.05) is 24.7 Å². The number of benzene rings is 1. The Kier molecular flexibility index (Phi) is 6.35. The van der Waals surface area contributed by atoms with Gasteiger partial charge in [-0.15, -0.1) is 11.8 Å². The Hall–Kier alpha value is -2.30. The molecule has 1 aromatic heterocycles. The minimum Gasteiger partial charge on any atom is -0.364 e. The molecule has 3 N–H and O–H groups in total. The minimum absolute atomic E-state index is 0.0329. The number of amides is 2. The molecule has 3 rings (SSSR count). The van der Waals surface area contributed by atoms with Crippen LogP contribution < -0.4 is 11.1 Å². The van der Waals surface area contributed by atoms with Crippen LogP contribution in [0, 0.1) is 5.92 Å². The van der Waals surface area contributed by atoms with Gasteiger partial charge in [0.25, 0.3) is 5.91 Å². The van der Waals surface area contributed by atoms with E-state index >= 15 is 0 Å². The third kappa shape index (κ3) is 4.65. The van der Waals surface area contributed by atoms with E-state index in [-0.39, 0.29) is 35.5 Å². The minimum atomic E-state index is -3.74. The van der Waals surface area contributed by atoms with Crippen molar-refractivity contribution in [1.29, 1.82) is 0 Å². The summed E-state index contributed by atoms with van der Waals surface area (Å²) in [5.41, 5.74) is 6.12. The van der Waals surface area contributed by atoms with E-state index in [4.69, 9.17) is 5.73 Å². The topological polar surface area (TPSA) is 114 Å². The molecule has 0 saturated carbocycles. The number of thioether (sulfide) groups is 1. The summed E-state index contributed by atoms with van der Waals surface area (Å²) in [6, 6.07) is 8.88. The molecule has 0 radical (unpaired) electrons. The highest BCUT2D eigenvalue weighted by Crippen LogP contribution is 2.26. The van der Waals surface area contributed by atoms with Gasteiger partial charge < -0.3 is 15.6 Å². The Morgan fingerprint density at radius 3 is 2.31 bits per heavy atom. The Balaban J connectivity index is 1.62. The van der Waals surface area contributed by atoms with Crippen molar-refractivity contribution in [3.63, 3.8) is 0 Å². The molecule has 1 fully saturated rings. The van der Waals surface area contributed by atoms with Gasteiger partial charge in [0.1, 0.15) is 10.6 Å². The lowest BCUT2D eigenvalue weighted by Gasteiger charge is -2.30. The van der Waals surface area contributed by atoms with Crippen molar-refractivity contribution in [2.45, 2.75) is 22.6 Å². The van der Waals surface area contributed by atoms with Crippen LogP contribution in [0.15, 0.2) is 46.3 Å². The summed E-state index contributed by atoms with van der Waals surface area (Å²) in [5.74, 6) is -1.04. The van der Waals surface area contributed by atoms with Crippen molar-refractivity contribution in [3.05, 3.63) is 42.2 Å². The first-order chi connectivity index (χ1) is 13.7. The maximum absolute atomic E-state index is 12.9. The second kappa shape index (κ2) is 8.60. The summed E-state index contributed by atoms with van der Waals surface area (Å²) in [5, 5.41) is 2.90. The number of carbonyl (C=O) groups is 2. The SMILES string of the molecule is CSc1ccc(NC(=O)C2CCN(S(=O)(=O)c3cc(C(N)=O)n(C)c3)CC2)cc1. The van der Waals surface area contributed by atoms with E-state index in [0.717, 1.165) is 10.6 Å². The molecule has 1 aromatic carbocycles. The number of nitrogens with one attached hydrogen (secondary N) is 1. The van der Waals surface area contributed by atoms with Crippen molar-refractivity contribution in [2.24, 2.45) is 18.7 Å². The van der Waals surface area contributed by atoms with E-state index in [1.807, 2.05) is 30.5 Å². The largest absolute Gasteiger partial charge is 0.364 e. The van der Waals surface area contributed by atoms with Gasteiger partial charge in [0, 0.05) is 42.8 Å². The van der Waals surface area contributed by atoms with Crippen LogP contribution >= 0.6 is 11.8 Å². The van der Waals surface area contributed by atoms with Crippen molar-refractivity contribution in [3.8, 4) is 0 Å². The molecule has 1 aliphatic heterocycles. The van der Waals surface area contributed by atoms with Gasteiger partial charge >= 0.3 is 0 Å². The number of piperidine rings is 1. The van der Waals surface area contributed by atoms with Gasteiger partial charge in [0.05, 0.1) is 0 Å². The van der Waals surface area contributed by atoms with E-state index in [1.54, 1.807) is 18.8 Å². The zero-order valence-electron chi connectivity index (χ0n) is 16.3. The molecule has 2 aromatic rings. The molecule has 0 atom stereocenters. The summed E-state index contributed by atoms with van der Waals surface area (Å²) in [4.78, 5) is 25.1. The molecule has 0 spiro atoms. The molecule has 0 aliphatic carbocycles. The first kappa shape index (κ1) is 21.4. The van der Waals surface area contributed by atoms with Crippen LogP contribution in [0.5, 0.6) is 0 Å². The molecule has 1 aliphatic rings. The average Bonchev–Trinajstić information content (AvgIpc) is 3.11. The number of sulfonamides is 1. The maximum atomic E-state index is 12.9. The predicted octanol–water partition coefficient (Wildman–Crippen LogP) is 1.89. The summed E-state index contributed by atoms with van der Waals surface area (Å²) in [6.07, 6.45) is 4.24. The lowest BCUT2D eigenvalue weighted by atomic mass is 9.97. The molecule has 2 amide bonds. The molecule has 156 valence electrons. The van der Waals surface area contributed by atoms with Gasteiger partial charge in [-0.2, -0.15) is 4.31 Å². The van der Waals surface area contributed by atoms with Gasteiger partial charge in [-0.25, -0.2) is 8.42 Å². The van der Waals surface area contributed by atoms with Gasteiger partial charge in [-0.05, 0) is 49.4 Å². The third-order valence-electron chi connectivity index (χ3n) is 5.05. The number of rotatable bonds is 6. The maximum Gasteiger partial charge on any atom is 0.265 e. The molecule has 8 nitrogen and oxygen atoms in total. The molecule has 0 unspecified atom stereocenters. The lowest BCUT2D eigenvalue weighted by molar-refractivity contribution is -0.120. The van der Waals surface area contributed by atoms with Crippen molar-refractivity contribution in [1.82, 2.24) is 8.87 Å². The van der Waals surface area contributed by atoms with Gasteiger partial charge in [0.15, 0.2) is 0 Å². The Morgan fingerprint density at radius 1 is 1.17 bits per heavy atom. The van der Waals surface area contributed by atoms with Crippen molar-refractivity contribution >= 4 is 39.3 Å². The molecule has 2 heterocycles. The van der Waals surface area contributed by atoms with Gasteiger partial charge in [0.2, 0.25) is 15.9 Å². The number of aromatic nitrogens is 1. The zero-order chi connectivity index (χ0) is 21.2. The van der Waals surface area contributed by atoms with Crippen LogP contribution in [-0.4, -0.2) is 48.4 Å². The van der Waals surface area contributed by atoms with E-state index in [1.165, 1.54) is 21.1 Å². The number of carbonyl (C=O) groups excluding carboxylic acids is 2. The Bertz CT molecular complexity index is 1010. The molecule has 29 heavy (non-hydrogen) atoms. The Labute approximate surface area is 174 Å². The number of primary amides is 1. The summed E-state index contributed by atoms with van der Waals surface area (Å²) in [7, 11) is -2.17. The number of anilines is 1. The number of hydrogen-bond acceptors (Lipinski definition) is 5. The third-order valence-corrected chi connectivity index (χ3v) is 7.66. The van der Waals surface area contributed by atoms with Crippen LogP contribution in [0.1, 0.15) is 23.3 Å². The normalized spacial score (nSPS) is 15.9. The second-order valence-electron chi connectivity index (χ2n) is 6.93. The fraction of sp³-hybridized carbons (Fsp3) is 0.368. The zero-order valence-corrected chi connectivity index (χ0v) is 17.9.